The van der Waals surface area contributed by atoms with Crippen molar-refractivity contribution < 1.29 is 14.4 Å². The lowest BCUT2D eigenvalue weighted by Crippen LogP contribution is -2.26. The number of hydrogen-bond donors (Lipinski definition) is 2. The van der Waals surface area contributed by atoms with E-state index in [0.29, 0.717) is 23.4 Å². The number of carbonyl (C=O) groups excluding carboxylic acids is 1. The van der Waals surface area contributed by atoms with Crippen molar-refractivity contribution in [2.24, 2.45) is 0 Å². The number of rotatable bonds is 7. The van der Waals surface area contributed by atoms with E-state index in [-0.39, 0.29) is 6.61 Å². The maximum atomic E-state index is 12.6. The first-order valence-electron chi connectivity index (χ1n) is 8.49. The molecule has 6 nitrogen and oxygen atoms in total. The minimum absolute atomic E-state index is 0.226. The van der Waals surface area contributed by atoms with E-state index in [9.17, 15) is 4.79 Å². The van der Waals surface area contributed by atoms with Crippen LogP contribution in [0.25, 0.3) is 0 Å². The van der Waals surface area contributed by atoms with Crippen molar-refractivity contribution >= 4 is 11.6 Å². The number of hydrogen-bond acceptors (Lipinski definition) is 5. The molecule has 0 aliphatic carbocycles. The number of nitrogens with one attached hydrogen (secondary N) is 1. The fourth-order valence-corrected chi connectivity index (χ4v) is 2.67. The number of nitrogens with zero attached hydrogens (tertiary/aromatic N) is 1. The maximum absolute atomic E-state index is 12.6. The summed E-state index contributed by atoms with van der Waals surface area (Å²) in [4.78, 5) is 22.3. The molecular formula is C21H21N3O3. The van der Waals surface area contributed by atoms with Gasteiger partial charge in [-0.2, -0.15) is 0 Å². The molecule has 6 heteroatoms. The van der Waals surface area contributed by atoms with Crippen LogP contribution in [0, 0.1) is 0 Å². The summed E-state index contributed by atoms with van der Waals surface area (Å²) in [5, 5.41) is 0. The topological polar surface area (TPSA) is 86.5 Å². The number of amides is 1. The summed E-state index contributed by atoms with van der Waals surface area (Å²) in [6.07, 6.45) is 2.11. The van der Waals surface area contributed by atoms with Gasteiger partial charge in [0.2, 0.25) is 0 Å². The molecule has 27 heavy (non-hydrogen) atoms. The fraction of sp³-hybridized carbons (Fsp3) is 0.143. The van der Waals surface area contributed by atoms with Crippen molar-refractivity contribution in [2.75, 3.05) is 12.8 Å². The van der Waals surface area contributed by atoms with Gasteiger partial charge in [0.1, 0.15) is 5.75 Å². The van der Waals surface area contributed by atoms with Gasteiger partial charge >= 0.3 is 0 Å². The number of aromatic nitrogens is 1. The number of hydroxylamine groups is 1. The molecule has 0 fully saturated rings. The van der Waals surface area contributed by atoms with Gasteiger partial charge in [-0.1, -0.05) is 42.5 Å². The molecule has 138 valence electrons. The summed E-state index contributed by atoms with van der Waals surface area (Å²) in [5.41, 5.74) is 11.7. The zero-order valence-corrected chi connectivity index (χ0v) is 15.0. The van der Waals surface area contributed by atoms with Gasteiger partial charge in [-0.05, 0) is 29.3 Å². The monoisotopic (exact) mass is 363 g/mol. The number of benzene rings is 2. The lowest BCUT2D eigenvalue weighted by Gasteiger charge is -2.12. The Bertz CT molecular complexity index is 896. The molecule has 1 aromatic heterocycles. The zero-order valence-electron chi connectivity index (χ0n) is 15.0. The smallest absolute Gasteiger partial charge is 0.278 e. The molecule has 2 aromatic carbocycles. The van der Waals surface area contributed by atoms with E-state index in [1.54, 1.807) is 19.4 Å². The van der Waals surface area contributed by atoms with Crippen molar-refractivity contribution in [3.63, 3.8) is 0 Å². The van der Waals surface area contributed by atoms with E-state index in [1.807, 2.05) is 54.6 Å². The Labute approximate surface area is 157 Å². The minimum atomic E-state index is -0.417. The molecule has 0 saturated heterocycles. The second kappa shape index (κ2) is 8.82. The Kier molecular flexibility index (Phi) is 6.02. The summed E-state index contributed by atoms with van der Waals surface area (Å²) in [6, 6.07) is 18.8. The molecule has 0 aliphatic heterocycles. The van der Waals surface area contributed by atoms with Crippen LogP contribution in [0.4, 0.5) is 5.69 Å². The summed E-state index contributed by atoms with van der Waals surface area (Å²) in [7, 11) is 1.61. The highest BCUT2D eigenvalue weighted by Crippen LogP contribution is 2.18. The first-order chi connectivity index (χ1) is 13.2. The van der Waals surface area contributed by atoms with Crippen LogP contribution in [0.5, 0.6) is 5.75 Å². The highest BCUT2D eigenvalue weighted by Gasteiger charge is 2.17. The molecule has 0 bridgehead atoms. The van der Waals surface area contributed by atoms with Gasteiger partial charge in [-0.15, -0.1) is 0 Å². The van der Waals surface area contributed by atoms with Gasteiger partial charge in [-0.25, -0.2) is 5.48 Å². The third-order valence-electron chi connectivity index (χ3n) is 4.07. The average molecular weight is 363 g/mol. The molecule has 1 heterocycles. The predicted molar refractivity (Wildman–Crippen MR) is 103 cm³/mol. The van der Waals surface area contributed by atoms with Crippen molar-refractivity contribution in [2.45, 2.75) is 13.0 Å². The Morgan fingerprint density at radius 3 is 2.48 bits per heavy atom. The van der Waals surface area contributed by atoms with Gasteiger partial charge in [0.25, 0.3) is 5.91 Å². The summed E-state index contributed by atoms with van der Waals surface area (Å²) < 4.78 is 5.11. The van der Waals surface area contributed by atoms with Crippen molar-refractivity contribution in [1.82, 2.24) is 10.5 Å². The van der Waals surface area contributed by atoms with Gasteiger partial charge in [-0.3, -0.25) is 14.6 Å². The van der Waals surface area contributed by atoms with Crippen molar-refractivity contribution in [1.29, 1.82) is 0 Å². The highest BCUT2D eigenvalue weighted by molar-refractivity contribution is 5.99. The molecule has 3 N–H and O–H groups in total. The zero-order chi connectivity index (χ0) is 19.1. The molecule has 0 aliphatic rings. The SMILES string of the molecule is COc1ccc(CONC(=O)c2c(N)ccnc2Cc2ccccc2)cc1. The Morgan fingerprint density at radius 2 is 1.78 bits per heavy atom. The predicted octanol–water partition coefficient (Wildman–Crippen LogP) is 3.12. The van der Waals surface area contributed by atoms with Crippen LogP contribution in [-0.4, -0.2) is 18.0 Å². The summed E-state index contributed by atoms with van der Waals surface area (Å²) in [6.45, 7) is 0.226. The van der Waals surface area contributed by atoms with Crippen LogP contribution in [0.1, 0.15) is 27.2 Å². The number of pyridine rings is 1. The largest absolute Gasteiger partial charge is 0.497 e. The molecular weight excluding hydrogens is 342 g/mol. The molecule has 3 aromatic rings. The van der Waals surface area contributed by atoms with E-state index in [0.717, 1.165) is 16.9 Å². The van der Waals surface area contributed by atoms with E-state index in [4.69, 9.17) is 15.3 Å². The van der Waals surface area contributed by atoms with Crippen LogP contribution < -0.4 is 16.0 Å². The Morgan fingerprint density at radius 1 is 1.04 bits per heavy atom. The molecule has 0 saturated carbocycles. The van der Waals surface area contributed by atoms with Gasteiger partial charge in [0.05, 0.1) is 25.0 Å². The van der Waals surface area contributed by atoms with Crippen molar-refractivity contribution in [3.8, 4) is 5.75 Å². The maximum Gasteiger partial charge on any atom is 0.278 e. The minimum Gasteiger partial charge on any atom is -0.497 e. The third-order valence-corrected chi connectivity index (χ3v) is 4.07. The number of ether oxygens (including phenoxy) is 1. The number of methoxy groups -OCH3 is 1. The molecule has 3 rings (SSSR count). The lowest BCUT2D eigenvalue weighted by atomic mass is 10.0. The van der Waals surface area contributed by atoms with Crippen LogP contribution >= 0.6 is 0 Å². The van der Waals surface area contributed by atoms with E-state index in [1.165, 1.54) is 0 Å². The molecule has 1 amide bonds. The fourth-order valence-electron chi connectivity index (χ4n) is 2.67. The second-order valence-corrected chi connectivity index (χ2v) is 5.95. The second-order valence-electron chi connectivity index (χ2n) is 5.95. The third kappa shape index (κ3) is 4.83. The van der Waals surface area contributed by atoms with Crippen LogP contribution in [-0.2, 0) is 17.9 Å². The van der Waals surface area contributed by atoms with Crippen LogP contribution in [0.15, 0.2) is 66.9 Å². The number of anilines is 1. The Balaban J connectivity index is 1.66. The molecule has 0 atom stereocenters. The molecule has 0 unspecified atom stereocenters. The summed E-state index contributed by atoms with van der Waals surface area (Å²) in [5.74, 6) is 0.344. The highest BCUT2D eigenvalue weighted by atomic mass is 16.6. The van der Waals surface area contributed by atoms with E-state index >= 15 is 0 Å². The average Bonchev–Trinajstić information content (AvgIpc) is 2.69. The number of nitrogen functional groups attached to an aromatic ring is 1. The molecule has 0 radical (unpaired) electrons. The van der Waals surface area contributed by atoms with Crippen LogP contribution in [0.2, 0.25) is 0 Å². The van der Waals surface area contributed by atoms with Gasteiger partial charge in [0.15, 0.2) is 0 Å². The Hall–Kier alpha value is -3.38. The normalized spacial score (nSPS) is 10.4. The lowest BCUT2D eigenvalue weighted by molar-refractivity contribution is 0.0233. The van der Waals surface area contributed by atoms with E-state index < -0.39 is 5.91 Å². The van der Waals surface area contributed by atoms with Gasteiger partial charge in [0, 0.05) is 18.3 Å². The molecule has 0 spiro atoms. The van der Waals surface area contributed by atoms with Crippen LogP contribution in [0.3, 0.4) is 0 Å². The standard InChI is InChI=1S/C21H21N3O3/c1-26-17-9-7-16(8-10-17)14-27-24-21(25)20-18(22)11-12-23-19(20)13-15-5-3-2-4-6-15/h2-12H,13-14H2,1H3,(H2,22,23)(H,24,25). The van der Waals surface area contributed by atoms with Crippen molar-refractivity contribution in [3.05, 3.63) is 89.2 Å². The first kappa shape index (κ1) is 18.4. The summed E-state index contributed by atoms with van der Waals surface area (Å²) >= 11 is 0. The quantitative estimate of drug-likeness (QED) is 0.630. The van der Waals surface area contributed by atoms with Gasteiger partial charge < -0.3 is 10.5 Å². The number of carbonyl (C=O) groups is 1. The first-order valence-corrected chi connectivity index (χ1v) is 8.49. The van der Waals surface area contributed by atoms with E-state index in [2.05, 4.69) is 10.5 Å². The number of nitrogens with two attached hydrogens (primary N) is 1.